The van der Waals surface area contributed by atoms with E-state index < -0.39 is 5.60 Å². The van der Waals surface area contributed by atoms with Crippen molar-refractivity contribution in [3.05, 3.63) is 29.8 Å². The van der Waals surface area contributed by atoms with Crippen LogP contribution in [-0.4, -0.2) is 17.3 Å². The van der Waals surface area contributed by atoms with Crippen LogP contribution in [0, 0.1) is 0 Å². The van der Waals surface area contributed by atoms with Crippen LogP contribution in [0.15, 0.2) is 24.3 Å². The average Bonchev–Trinajstić information content (AvgIpc) is 2.32. The monoisotopic (exact) mass is 234 g/mol. The van der Waals surface area contributed by atoms with Gasteiger partial charge < -0.3 is 16.2 Å². The van der Waals surface area contributed by atoms with Crippen LogP contribution in [-0.2, 0) is 6.54 Å². The molecule has 0 saturated heterocycles. The van der Waals surface area contributed by atoms with Gasteiger partial charge in [-0.3, -0.25) is 0 Å². The number of nitrogens with two attached hydrogens (primary N) is 1. The highest BCUT2D eigenvalue weighted by atomic mass is 16.3. The Balaban J connectivity index is 1.77. The summed E-state index contributed by atoms with van der Waals surface area (Å²) in [5.74, 6) is 0. The first-order chi connectivity index (χ1) is 8.18. The van der Waals surface area contributed by atoms with Gasteiger partial charge in [-0.05, 0) is 30.5 Å². The summed E-state index contributed by atoms with van der Waals surface area (Å²) in [4.78, 5) is 0. The van der Waals surface area contributed by atoms with Crippen molar-refractivity contribution in [2.75, 3.05) is 12.3 Å². The summed E-state index contributed by atoms with van der Waals surface area (Å²) in [6.45, 7) is 1.49. The van der Waals surface area contributed by atoms with Crippen molar-refractivity contribution in [1.29, 1.82) is 0 Å². The fraction of sp³-hybridized carbons (Fsp3) is 0.571. The smallest absolute Gasteiger partial charge is 0.0771 e. The topological polar surface area (TPSA) is 58.3 Å². The number of anilines is 1. The Morgan fingerprint density at radius 2 is 1.76 bits per heavy atom. The van der Waals surface area contributed by atoms with E-state index in [0.717, 1.165) is 37.9 Å². The number of nitrogen functional groups attached to an aromatic ring is 1. The Morgan fingerprint density at radius 3 is 2.41 bits per heavy atom. The van der Waals surface area contributed by atoms with Crippen LogP contribution < -0.4 is 11.1 Å². The molecule has 1 saturated carbocycles. The standard InChI is InChI=1S/C14H22N2O/c15-13-6-4-12(5-7-13)10-16-11-14(17)8-2-1-3-9-14/h4-7,16-17H,1-3,8-11,15H2. The number of hydrogen-bond acceptors (Lipinski definition) is 3. The minimum Gasteiger partial charge on any atom is -0.399 e. The van der Waals surface area contributed by atoms with E-state index in [-0.39, 0.29) is 0 Å². The van der Waals surface area contributed by atoms with Gasteiger partial charge in [0.2, 0.25) is 0 Å². The first-order valence-electron chi connectivity index (χ1n) is 6.45. The maximum absolute atomic E-state index is 10.3. The zero-order chi connectivity index (χ0) is 12.1. The van der Waals surface area contributed by atoms with E-state index in [2.05, 4.69) is 5.32 Å². The Labute approximate surface area is 103 Å². The van der Waals surface area contributed by atoms with Gasteiger partial charge in [-0.1, -0.05) is 31.4 Å². The van der Waals surface area contributed by atoms with Crippen molar-refractivity contribution in [1.82, 2.24) is 5.32 Å². The lowest BCUT2D eigenvalue weighted by Gasteiger charge is -2.32. The summed E-state index contributed by atoms with van der Waals surface area (Å²) < 4.78 is 0. The van der Waals surface area contributed by atoms with Crippen molar-refractivity contribution < 1.29 is 5.11 Å². The molecule has 0 aliphatic heterocycles. The predicted octanol–water partition coefficient (Wildman–Crippen LogP) is 2.05. The highest BCUT2D eigenvalue weighted by Crippen LogP contribution is 2.27. The second-order valence-electron chi connectivity index (χ2n) is 5.13. The van der Waals surface area contributed by atoms with Gasteiger partial charge in [0.15, 0.2) is 0 Å². The molecule has 3 nitrogen and oxygen atoms in total. The van der Waals surface area contributed by atoms with Crippen molar-refractivity contribution >= 4 is 5.69 Å². The lowest BCUT2D eigenvalue weighted by molar-refractivity contribution is 0.00468. The van der Waals surface area contributed by atoms with Crippen LogP contribution in [0.1, 0.15) is 37.7 Å². The fourth-order valence-corrected chi connectivity index (χ4v) is 2.46. The van der Waals surface area contributed by atoms with Gasteiger partial charge in [-0.25, -0.2) is 0 Å². The molecular weight excluding hydrogens is 212 g/mol. The van der Waals surface area contributed by atoms with Crippen LogP contribution in [0.2, 0.25) is 0 Å². The molecule has 0 atom stereocenters. The van der Waals surface area contributed by atoms with Crippen molar-refractivity contribution in [2.45, 2.75) is 44.2 Å². The van der Waals surface area contributed by atoms with Crippen LogP contribution in [0.25, 0.3) is 0 Å². The molecule has 4 N–H and O–H groups in total. The van der Waals surface area contributed by atoms with Crippen LogP contribution in [0.4, 0.5) is 5.69 Å². The number of nitrogens with one attached hydrogen (secondary N) is 1. The first kappa shape index (κ1) is 12.4. The van der Waals surface area contributed by atoms with Gasteiger partial charge in [-0.15, -0.1) is 0 Å². The molecule has 0 unspecified atom stereocenters. The summed E-state index contributed by atoms with van der Waals surface area (Å²) in [6.07, 6.45) is 5.43. The SMILES string of the molecule is Nc1ccc(CNCC2(O)CCCCC2)cc1. The number of benzene rings is 1. The third-order valence-electron chi connectivity index (χ3n) is 3.55. The Bertz CT molecular complexity index is 342. The Morgan fingerprint density at radius 1 is 1.12 bits per heavy atom. The predicted molar refractivity (Wildman–Crippen MR) is 70.6 cm³/mol. The molecule has 1 aromatic rings. The van der Waals surface area contributed by atoms with Crippen LogP contribution >= 0.6 is 0 Å². The molecule has 1 fully saturated rings. The molecule has 0 heterocycles. The molecule has 0 radical (unpaired) electrons. The summed E-state index contributed by atoms with van der Waals surface area (Å²) in [5, 5.41) is 13.7. The largest absolute Gasteiger partial charge is 0.399 e. The molecule has 0 amide bonds. The molecule has 17 heavy (non-hydrogen) atoms. The van der Waals surface area contributed by atoms with Crippen molar-refractivity contribution in [3.8, 4) is 0 Å². The minimum absolute atomic E-state index is 0.480. The highest BCUT2D eigenvalue weighted by molar-refractivity contribution is 5.39. The van der Waals surface area contributed by atoms with E-state index in [1.54, 1.807) is 0 Å². The zero-order valence-corrected chi connectivity index (χ0v) is 10.3. The summed E-state index contributed by atoms with van der Waals surface area (Å²) in [6, 6.07) is 7.86. The fourth-order valence-electron chi connectivity index (χ4n) is 2.46. The van der Waals surface area contributed by atoms with Crippen molar-refractivity contribution in [3.63, 3.8) is 0 Å². The maximum Gasteiger partial charge on any atom is 0.0771 e. The lowest BCUT2D eigenvalue weighted by atomic mass is 9.85. The first-order valence-corrected chi connectivity index (χ1v) is 6.45. The van der Waals surface area contributed by atoms with Crippen molar-refractivity contribution in [2.24, 2.45) is 0 Å². The molecule has 3 heteroatoms. The molecule has 1 aromatic carbocycles. The summed E-state index contributed by atoms with van der Waals surface area (Å²) in [7, 11) is 0. The number of rotatable bonds is 4. The molecule has 1 aliphatic rings. The lowest BCUT2D eigenvalue weighted by Crippen LogP contribution is -2.41. The minimum atomic E-state index is -0.480. The quantitative estimate of drug-likeness (QED) is 0.699. The third kappa shape index (κ3) is 3.72. The van der Waals surface area contributed by atoms with Gasteiger partial charge >= 0.3 is 0 Å². The number of aliphatic hydroxyl groups is 1. The van der Waals surface area contributed by atoms with E-state index in [1.807, 2.05) is 24.3 Å². The molecule has 0 bridgehead atoms. The van der Waals surface area contributed by atoms with Gasteiger partial charge in [0.05, 0.1) is 5.60 Å². The van der Waals surface area contributed by atoms with Gasteiger partial charge in [0.1, 0.15) is 0 Å². The molecule has 0 spiro atoms. The molecular formula is C14H22N2O. The van der Waals surface area contributed by atoms with E-state index in [4.69, 9.17) is 5.73 Å². The van der Waals surface area contributed by atoms with E-state index in [0.29, 0.717) is 6.54 Å². The third-order valence-corrected chi connectivity index (χ3v) is 3.55. The molecule has 0 aromatic heterocycles. The Hall–Kier alpha value is -1.06. The molecule has 94 valence electrons. The number of hydrogen-bond donors (Lipinski definition) is 3. The van der Waals surface area contributed by atoms with Gasteiger partial charge in [0.25, 0.3) is 0 Å². The summed E-state index contributed by atoms with van der Waals surface area (Å²) in [5.41, 5.74) is 7.15. The zero-order valence-electron chi connectivity index (χ0n) is 10.3. The van der Waals surface area contributed by atoms with E-state index >= 15 is 0 Å². The van der Waals surface area contributed by atoms with Crippen LogP contribution in [0.5, 0.6) is 0 Å². The summed E-state index contributed by atoms with van der Waals surface area (Å²) >= 11 is 0. The molecule has 1 aliphatic carbocycles. The second-order valence-corrected chi connectivity index (χ2v) is 5.13. The second kappa shape index (κ2) is 5.52. The van der Waals surface area contributed by atoms with Crippen LogP contribution in [0.3, 0.4) is 0 Å². The van der Waals surface area contributed by atoms with Gasteiger partial charge in [-0.2, -0.15) is 0 Å². The highest BCUT2D eigenvalue weighted by Gasteiger charge is 2.28. The van der Waals surface area contributed by atoms with Gasteiger partial charge in [0, 0.05) is 18.8 Å². The maximum atomic E-state index is 10.3. The average molecular weight is 234 g/mol. The Kier molecular flexibility index (Phi) is 4.02. The van der Waals surface area contributed by atoms with E-state index in [1.165, 1.54) is 12.0 Å². The molecule has 2 rings (SSSR count). The van der Waals surface area contributed by atoms with E-state index in [9.17, 15) is 5.11 Å². The normalized spacial score (nSPS) is 19.1.